The van der Waals surface area contributed by atoms with Gasteiger partial charge in [-0.25, -0.2) is 0 Å². The highest BCUT2D eigenvalue weighted by atomic mass is 16.5. The average molecular weight is 388 g/mol. The molecule has 1 heterocycles. The van der Waals surface area contributed by atoms with Crippen LogP contribution in [0.4, 0.5) is 5.69 Å². The van der Waals surface area contributed by atoms with Crippen LogP contribution in [0.5, 0.6) is 11.5 Å². The summed E-state index contributed by atoms with van der Waals surface area (Å²) in [5.41, 5.74) is 3.62. The maximum absolute atomic E-state index is 13.3. The summed E-state index contributed by atoms with van der Waals surface area (Å²) in [5, 5.41) is 3.53. The van der Waals surface area contributed by atoms with E-state index in [4.69, 9.17) is 9.47 Å². The molecule has 0 unspecified atom stereocenters. The van der Waals surface area contributed by atoms with Gasteiger partial charge in [-0.3, -0.25) is 4.79 Å². The lowest BCUT2D eigenvalue weighted by Gasteiger charge is -2.38. The van der Waals surface area contributed by atoms with Crippen molar-refractivity contribution in [3.05, 3.63) is 89.5 Å². The number of rotatable bonds is 6. The molecule has 1 aliphatic rings. The van der Waals surface area contributed by atoms with Gasteiger partial charge in [-0.15, -0.1) is 0 Å². The van der Waals surface area contributed by atoms with Crippen LogP contribution in [0, 0.1) is 0 Å². The number of carbonyl (C=O) groups excluding carboxylic acids is 1. The zero-order valence-corrected chi connectivity index (χ0v) is 16.6. The summed E-state index contributed by atoms with van der Waals surface area (Å²) < 4.78 is 10.8. The van der Waals surface area contributed by atoms with Gasteiger partial charge in [0.05, 0.1) is 19.8 Å². The minimum absolute atomic E-state index is 0.0174. The Morgan fingerprint density at radius 1 is 0.897 bits per heavy atom. The fourth-order valence-electron chi connectivity index (χ4n) is 3.70. The van der Waals surface area contributed by atoms with Crippen molar-refractivity contribution in [3.63, 3.8) is 0 Å². The van der Waals surface area contributed by atoms with E-state index in [0.717, 1.165) is 34.7 Å². The van der Waals surface area contributed by atoms with Gasteiger partial charge in [-0.2, -0.15) is 0 Å². The molecule has 0 aliphatic carbocycles. The number of hydrogen-bond donors (Lipinski definition) is 1. The van der Waals surface area contributed by atoms with E-state index in [0.29, 0.717) is 12.1 Å². The molecule has 0 aromatic heterocycles. The van der Waals surface area contributed by atoms with Gasteiger partial charge in [0, 0.05) is 17.8 Å². The topological polar surface area (TPSA) is 50.8 Å². The summed E-state index contributed by atoms with van der Waals surface area (Å²) in [7, 11) is 3.31. The number of ether oxygens (including phenoxy) is 2. The van der Waals surface area contributed by atoms with E-state index < -0.39 is 0 Å². The van der Waals surface area contributed by atoms with Gasteiger partial charge in [-0.05, 0) is 42.3 Å². The van der Waals surface area contributed by atoms with Gasteiger partial charge in [0.15, 0.2) is 0 Å². The molecule has 1 amide bonds. The van der Waals surface area contributed by atoms with E-state index in [1.54, 1.807) is 14.2 Å². The first kappa shape index (κ1) is 18.9. The highest BCUT2D eigenvalue weighted by molar-refractivity contribution is 6.01. The van der Waals surface area contributed by atoms with Crippen molar-refractivity contribution in [2.75, 3.05) is 26.1 Å². The Bertz CT molecular complexity index is 1000. The Labute approximate surface area is 170 Å². The molecule has 5 nitrogen and oxygen atoms in total. The Kier molecular flexibility index (Phi) is 5.38. The highest BCUT2D eigenvalue weighted by Gasteiger charge is 2.33. The number of nitrogens with one attached hydrogen (secondary N) is 1. The van der Waals surface area contributed by atoms with E-state index in [2.05, 4.69) is 5.32 Å². The van der Waals surface area contributed by atoms with E-state index in [1.807, 2.05) is 77.7 Å². The van der Waals surface area contributed by atoms with E-state index >= 15 is 0 Å². The third-order valence-electron chi connectivity index (χ3n) is 5.26. The normalized spacial score (nSPS) is 15.4. The van der Waals surface area contributed by atoms with Crippen molar-refractivity contribution < 1.29 is 14.3 Å². The van der Waals surface area contributed by atoms with Crippen LogP contribution in [0.15, 0.2) is 72.8 Å². The number of methoxy groups -OCH3 is 2. The summed E-state index contributed by atoms with van der Waals surface area (Å²) in [6, 6.07) is 23.4. The first-order chi connectivity index (χ1) is 14.2. The molecule has 0 spiro atoms. The Balaban J connectivity index is 1.66. The predicted octanol–water partition coefficient (Wildman–Crippen LogP) is 4.51. The molecule has 0 radical (unpaired) electrons. The summed E-state index contributed by atoms with van der Waals surface area (Å²) in [5.74, 6) is 1.60. The van der Waals surface area contributed by atoms with Gasteiger partial charge >= 0.3 is 0 Å². The number of carbonyl (C=O) groups is 1. The second kappa shape index (κ2) is 8.27. The lowest BCUT2D eigenvalue weighted by molar-refractivity contribution is 0.0683. The van der Waals surface area contributed by atoms with Crippen LogP contribution >= 0.6 is 0 Å². The number of para-hydroxylation sites is 2. The quantitative estimate of drug-likeness (QED) is 0.675. The predicted molar refractivity (Wildman–Crippen MR) is 114 cm³/mol. The van der Waals surface area contributed by atoms with E-state index in [1.165, 1.54) is 0 Å². The van der Waals surface area contributed by atoms with Crippen LogP contribution in [0.25, 0.3) is 0 Å². The summed E-state index contributed by atoms with van der Waals surface area (Å²) >= 11 is 0. The molecular weight excluding hydrogens is 364 g/mol. The minimum atomic E-state index is -0.299. The number of benzene rings is 3. The molecule has 1 atom stereocenters. The second-order valence-corrected chi connectivity index (χ2v) is 6.93. The van der Waals surface area contributed by atoms with E-state index in [-0.39, 0.29) is 12.1 Å². The lowest BCUT2D eigenvalue weighted by atomic mass is 10.0. The summed E-state index contributed by atoms with van der Waals surface area (Å²) in [6.45, 7) is 0.579. The van der Waals surface area contributed by atoms with Crippen LogP contribution in [-0.4, -0.2) is 31.6 Å². The smallest absolute Gasteiger partial charge is 0.257 e. The van der Waals surface area contributed by atoms with Crippen LogP contribution in [0.1, 0.15) is 27.7 Å². The SMILES string of the molecule is COc1ccc(CCN2C(=O)c3ccccc3N[C@H]2c2ccccc2OC)cc1. The maximum atomic E-state index is 13.3. The molecule has 0 saturated heterocycles. The number of nitrogens with zero attached hydrogens (tertiary/aromatic N) is 1. The van der Waals surface area contributed by atoms with Crippen molar-refractivity contribution in [1.82, 2.24) is 4.90 Å². The fraction of sp³-hybridized carbons (Fsp3) is 0.208. The summed E-state index contributed by atoms with van der Waals surface area (Å²) in [6.07, 6.45) is 0.442. The Morgan fingerprint density at radius 3 is 2.38 bits per heavy atom. The van der Waals surface area contributed by atoms with Gasteiger partial charge in [0.25, 0.3) is 5.91 Å². The molecule has 3 aromatic rings. The zero-order valence-electron chi connectivity index (χ0n) is 16.6. The van der Waals surface area contributed by atoms with Gasteiger partial charge < -0.3 is 19.7 Å². The molecule has 0 fully saturated rings. The molecule has 3 aromatic carbocycles. The third-order valence-corrected chi connectivity index (χ3v) is 5.26. The Morgan fingerprint density at radius 2 is 1.62 bits per heavy atom. The van der Waals surface area contributed by atoms with E-state index in [9.17, 15) is 4.79 Å². The molecule has 1 aliphatic heterocycles. The average Bonchev–Trinajstić information content (AvgIpc) is 2.78. The molecule has 4 rings (SSSR count). The van der Waals surface area contributed by atoms with Crippen LogP contribution in [0.2, 0.25) is 0 Å². The van der Waals surface area contributed by atoms with Crippen LogP contribution < -0.4 is 14.8 Å². The maximum Gasteiger partial charge on any atom is 0.257 e. The van der Waals surface area contributed by atoms with Crippen molar-refractivity contribution >= 4 is 11.6 Å². The molecule has 5 heteroatoms. The highest BCUT2D eigenvalue weighted by Crippen LogP contribution is 2.36. The van der Waals surface area contributed by atoms with Gasteiger partial charge in [0.2, 0.25) is 0 Å². The molecule has 29 heavy (non-hydrogen) atoms. The van der Waals surface area contributed by atoms with Crippen molar-refractivity contribution in [2.24, 2.45) is 0 Å². The van der Waals surface area contributed by atoms with Crippen molar-refractivity contribution in [2.45, 2.75) is 12.6 Å². The lowest BCUT2D eigenvalue weighted by Crippen LogP contribution is -2.44. The first-order valence-corrected chi connectivity index (χ1v) is 9.63. The molecule has 148 valence electrons. The largest absolute Gasteiger partial charge is 0.497 e. The van der Waals surface area contributed by atoms with Gasteiger partial charge in [-0.1, -0.05) is 42.5 Å². The molecular formula is C24H24N2O3. The number of anilines is 1. The zero-order chi connectivity index (χ0) is 20.2. The van der Waals surface area contributed by atoms with Crippen molar-refractivity contribution in [1.29, 1.82) is 0 Å². The van der Waals surface area contributed by atoms with Crippen LogP contribution in [-0.2, 0) is 6.42 Å². The van der Waals surface area contributed by atoms with Crippen LogP contribution in [0.3, 0.4) is 0 Å². The second-order valence-electron chi connectivity index (χ2n) is 6.93. The van der Waals surface area contributed by atoms with Gasteiger partial charge in [0.1, 0.15) is 17.7 Å². The number of fused-ring (bicyclic) bond motifs is 1. The molecule has 0 bridgehead atoms. The first-order valence-electron chi connectivity index (χ1n) is 9.63. The molecule has 0 saturated carbocycles. The number of hydrogen-bond acceptors (Lipinski definition) is 4. The minimum Gasteiger partial charge on any atom is -0.497 e. The monoisotopic (exact) mass is 388 g/mol. The number of amides is 1. The third kappa shape index (κ3) is 3.76. The van der Waals surface area contributed by atoms with Crippen molar-refractivity contribution in [3.8, 4) is 11.5 Å². The molecule has 1 N–H and O–H groups in total. The standard InChI is InChI=1S/C24H24N2O3/c1-28-18-13-11-17(12-14-18)15-16-26-23(20-8-4-6-10-22(20)29-2)25-21-9-5-3-7-19(21)24(26)27/h3-14,23,25H,15-16H2,1-2H3/t23-/m1/s1. The summed E-state index contributed by atoms with van der Waals surface area (Å²) in [4.78, 5) is 15.2. The Hall–Kier alpha value is -3.47. The fourth-order valence-corrected chi connectivity index (χ4v) is 3.70.